The molecule has 0 spiro atoms. The van der Waals surface area contributed by atoms with Crippen molar-refractivity contribution in [1.82, 2.24) is 19.7 Å². The highest BCUT2D eigenvalue weighted by Crippen LogP contribution is 2.36. The van der Waals surface area contributed by atoms with Gasteiger partial charge in [0, 0.05) is 12.6 Å². The molecule has 0 radical (unpaired) electrons. The quantitative estimate of drug-likeness (QED) is 0.329. The van der Waals surface area contributed by atoms with Gasteiger partial charge in [-0.2, -0.15) is 5.26 Å². The summed E-state index contributed by atoms with van der Waals surface area (Å²) in [5.74, 6) is 0.981. The minimum absolute atomic E-state index is 0.0412. The van der Waals surface area contributed by atoms with Gasteiger partial charge in [-0.05, 0) is 30.3 Å². The molecule has 35 heavy (non-hydrogen) atoms. The van der Waals surface area contributed by atoms with E-state index in [1.54, 1.807) is 34.9 Å². The van der Waals surface area contributed by atoms with Crippen molar-refractivity contribution < 1.29 is 22.3 Å². The highest BCUT2D eigenvalue weighted by molar-refractivity contribution is 7.90. The molecule has 1 aromatic carbocycles. The molecule has 0 saturated heterocycles. The average molecular weight is 514 g/mol. The third-order valence-corrected chi connectivity index (χ3v) is 6.88. The molecule has 3 heterocycles. The van der Waals surface area contributed by atoms with Crippen LogP contribution in [0.4, 0.5) is 0 Å². The van der Waals surface area contributed by atoms with Crippen LogP contribution in [0.15, 0.2) is 53.3 Å². The standard InChI is InChI=1S/C23H20ClN5O5S/c1-32-18-5-3-6-19(33-2)22(18)29-21(27-28-23(29)20-7-4-9-34-20)14-35(30,31)10-8-17-15(12-25)11-16(24)13-26-17/h3-7,9,11,13H,8,10,14H2,1-2H3. The number of methoxy groups -OCH3 is 2. The molecule has 4 rings (SSSR count). The fourth-order valence-electron chi connectivity index (χ4n) is 3.55. The summed E-state index contributed by atoms with van der Waals surface area (Å²) in [7, 11) is -0.716. The van der Waals surface area contributed by atoms with Crippen LogP contribution in [-0.4, -0.2) is 48.1 Å². The third kappa shape index (κ3) is 5.13. The summed E-state index contributed by atoms with van der Waals surface area (Å²) in [6.45, 7) is 0. The predicted molar refractivity (Wildman–Crippen MR) is 127 cm³/mol. The number of nitrogens with zero attached hydrogens (tertiary/aromatic N) is 5. The van der Waals surface area contributed by atoms with E-state index in [4.69, 9.17) is 25.5 Å². The van der Waals surface area contributed by atoms with Gasteiger partial charge < -0.3 is 13.9 Å². The number of aromatic nitrogens is 4. The molecular weight excluding hydrogens is 494 g/mol. The number of hydrogen-bond donors (Lipinski definition) is 0. The van der Waals surface area contributed by atoms with Crippen molar-refractivity contribution in [2.24, 2.45) is 0 Å². The van der Waals surface area contributed by atoms with Crippen molar-refractivity contribution in [1.29, 1.82) is 5.26 Å². The first-order chi connectivity index (χ1) is 16.9. The van der Waals surface area contributed by atoms with Crippen molar-refractivity contribution in [3.8, 4) is 34.8 Å². The number of ether oxygens (including phenoxy) is 2. The number of benzene rings is 1. The molecule has 180 valence electrons. The van der Waals surface area contributed by atoms with E-state index in [1.807, 2.05) is 6.07 Å². The van der Waals surface area contributed by atoms with Gasteiger partial charge in [0.25, 0.3) is 0 Å². The molecule has 10 nitrogen and oxygen atoms in total. The zero-order valence-electron chi connectivity index (χ0n) is 18.8. The molecule has 0 bridgehead atoms. The van der Waals surface area contributed by atoms with E-state index >= 15 is 0 Å². The number of halogens is 1. The maximum Gasteiger partial charge on any atom is 0.204 e. The lowest BCUT2D eigenvalue weighted by Gasteiger charge is -2.16. The van der Waals surface area contributed by atoms with Gasteiger partial charge in [-0.15, -0.1) is 10.2 Å². The van der Waals surface area contributed by atoms with Crippen LogP contribution in [0.5, 0.6) is 11.5 Å². The molecular formula is C23H20ClN5O5S. The average Bonchev–Trinajstić information content (AvgIpc) is 3.52. The van der Waals surface area contributed by atoms with Crippen molar-refractivity contribution in [3.05, 3.63) is 71.0 Å². The van der Waals surface area contributed by atoms with Crippen LogP contribution < -0.4 is 9.47 Å². The minimum atomic E-state index is -3.71. The summed E-state index contributed by atoms with van der Waals surface area (Å²) in [4.78, 5) is 4.11. The van der Waals surface area contributed by atoms with Crippen LogP contribution in [0.2, 0.25) is 5.02 Å². The van der Waals surface area contributed by atoms with Crippen molar-refractivity contribution in [2.45, 2.75) is 12.2 Å². The highest BCUT2D eigenvalue weighted by atomic mass is 35.5. The SMILES string of the molecule is COc1cccc(OC)c1-n1c(CS(=O)(=O)CCc2ncc(Cl)cc2C#N)nnc1-c1ccco1. The molecule has 3 aromatic heterocycles. The van der Waals surface area contributed by atoms with Gasteiger partial charge in [0.05, 0.1) is 42.5 Å². The molecule has 0 N–H and O–H groups in total. The zero-order valence-corrected chi connectivity index (χ0v) is 20.4. The van der Waals surface area contributed by atoms with Gasteiger partial charge in [0.2, 0.25) is 5.82 Å². The van der Waals surface area contributed by atoms with E-state index in [2.05, 4.69) is 15.2 Å². The van der Waals surface area contributed by atoms with Crippen LogP contribution in [0.25, 0.3) is 17.3 Å². The van der Waals surface area contributed by atoms with Gasteiger partial charge in [-0.3, -0.25) is 9.55 Å². The van der Waals surface area contributed by atoms with Crippen LogP contribution in [-0.2, 0) is 22.0 Å². The number of para-hydroxylation sites is 1. The zero-order chi connectivity index (χ0) is 25.0. The number of rotatable bonds is 9. The monoisotopic (exact) mass is 513 g/mol. The third-order valence-electron chi connectivity index (χ3n) is 5.15. The summed E-state index contributed by atoms with van der Waals surface area (Å²) in [5, 5.41) is 18.0. The molecule has 0 atom stereocenters. The van der Waals surface area contributed by atoms with Gasteiger partial charge >= 0.3 is 0 Å². The van der Waals surface area contributed by atoms with Crippen LogP contribution in [0.3, 0.4) is 0 Å². The number of aryl methyl sites for hydroxylation is 1. The van der Waals surface area contributed by atoms with Gasteiger partial charge in [0.15, 0.2) is 21.4 Å². The number of pyridine rings is 1. The topological polar surface area (TPSA) is 133 Å². The van der Waals surface area contributed by atoms with Gasteiger partial charge in [-0.1, -0.05) is 17.7 Å². The first-order valence-electron chi connectivity index (χ1n) is 10.3. The van der Waals surface area contributed by atoms with Gasteiger partial charge in [-0.25, -0.2) is 8.42 Å². The Morgan fingerprint density at radius 1 is 1.14 bits per heavy atom. The lowest BCUT2D eigenvalue weighted by Crippen LogP contribution is -2.16. The Kier molecular flexibility index (Phi) is 7.04. The summed E-state index contributed by atoms with van der Waals surface area (Å²) < 4.78 is 44.4. The second-order valence-electron chi connectivity index (χ2n) is 7.37. The molecule has 0 unspecified atom stereocenters. The molecule has 4 aromatic rings. The summed E-state index contributed by atoms with van der Waals surface area (Å²) in [5.41, 5.74) is 1.02. The van der Waals surface area contributed by atoms with Gasteiger partial charge in [0.1, 0.15) is 29.0 Å². The Balaban J connectivity index is 1.73. The summed E-state index contributed by atoms with van der Waals surface area (Å²) in [6.07, 6.45) is 2.90. The molecule has 0 saturated carbocycles. The van der Waals surface area contributed by atoms with E-state index in [-0.39, 0.29) is 29.4 Å². The smallest absolute Gasteiger partial charge is 0.204 e. The first kappa shape index (κ1) is 24.3. The van der Waals surface area contributed by atoms with Crippen LogP contribution in [0.1, 0.15) is 17.1 Å². The second-order valence-corrected chi connectivity index (χ2v) is 9.99. The Hall–Kier alpha value is -3.88. The highest BCUT2D eigenvalue weighted by Gasteiger charge is 2.26. The number of hydrogen-bond acceptors (Lipinski definition) is 9. The van der Waals surface area contributed by atoms with Crippen molar-refractivity contribution in [2.75, 3.05) is 20.0 Å². The Bertz CT molecular complexity index is 1470. The second kappa shape index (κ2) is 10.2. The van der Waals surface area contributed by atoms with E-state index < -0.39 is 15.6 Å². The number of nitriles is 1. The van der Waals surface area contributed by atoms with E-state index in [1.165, 1.54) is 32.7 Å². The van der Waals surface area contributed by atoms with Crippen molar-refractivity contribution in [3.63, 3.8) is 0 Å². The fourth-order valence-corrected chi connectivity index (χ4v) is 4.93. The fraction of sp³-hybridized carbons (Fsp3) is 0.217. The first-order valence-corrected chi connectivity index (χ1v) is 12.5. The molecule has 12 heteroatoms. The Morgan fingerprint density at radius 3 is 2.51 bits per heavy atom. The Labute approximate surface area is 206 Å². The lowest BCUT2D eigenvalue weighted by molar-refractivity contribution is 0.390. The maximum atomic E-state index is 13.1. The van der Waals surface area contributed by atoms with Crippen LogP contribution in [0, 0.1) is 11.3 Å². The van der Waals surface area contributed by atoms with E-state index in [0.29, 0.717) is 33.7 Å². The van der Waals surface area contributed by atoms with E-state index in [0.717, 1.165) is 0 Å². The molecule has 0 aliphatic rings. The summed E-state index contributed by atoms with van der Waals surface area (Å²) in [6, 6.07) is 12.0. The predicted octanol–water partition coefficient (Wildman–Crippen LogP) is 3.62. The van der Waals surface area contributed by atoms with Crippen LogP contribution >= 0.6 is 11.6 Å². The number of furan rings is 1. The molecule has 0 aliphatic carbocycles. The maximum absolute atomic E-state index is 13.1. The largest absolute Gasteiger partial charge is 0.494 e. The molecule has 0 aliphatic heterocycles. The Morgan fingerprint density at radius 2 is 1.89 bits per heavy atom. The minimum Gasteiger partial charge on any atom is -0.494 e. The molecule has 0 fully saturated rings. The normalized spacial score (nSPS) is 11.3. The summed E-state index contributed by atoms with van der Waals surface area (Å²) >= 11 is 5.88. The number of sulfone groups is 1. The van der Waals surface area contributed by atoms with Crippen molar-refractivity contribution >= 4 is 21.4 Å². The van der Waals surface area contributed by atoms with E-state index in [9.17, 15) is 13.7 Å². The molecule has 0 amide bonds. The lowest BCUT2D eigenvalue weighted by atomic mass is 10.2.